The van der Waals surface area contributed by atoms with Crippen LogP contribution in [0.15, 0.2) is 48.0 Å². The number of fused-ring (bicyclic) bond motifs is 1. The second-order valence-corrected chi connectivity index (χ2v) is 4.97. The molecular formula is C18H12FNO2. The van der Waals surface area contributed by atoms with E-state index in [0.29, 0.717) is 29.9 Å². The molecule has 0 unspecified atom stereocenters. The molecule has 0 saturated carbocycles. The molecule has 0 spiro atoms. The first-order valence-electron chi connectivity index (χ1n) is 6.85. The van der Waals surface area contributed by atoms with E-state index in [2.05, 4.69) is 0 Å². The van der Waals surface area contributed by atoms with Gasteiger partial charge in [0, 0.05) is 12.0 Å². The fourth-order valence-electron chi connectivity index (χ4n) is 2.36. The number of Topliss-reactive ketones (excluding diaryl/α,β-unsaturated/α-hetero) is 1. The van der Waals surface area contributed by atoms with E-state index >= 15 is 0 Å². The maximum absolute atomic E-state index is 13.4. The fourth-order valence-corrected chi connectivity index (χ4v) is 2.36. The van der Waals surface area contributed by atoms with Crippen LogP contribution in [0, 0.1) is 17.1 Å². The van der Waals surface area contributed by atoms with E-state index in [1.807, 2.05) is 6.07 Å². The van der Waals surface area contributed by atoms with Gasteiger partial charge in [-0.2, -0.15) is 5.26 Å². The van der Waals surface area contributed by atoms with E-state index in [1.165, 1.54) is 18.2 Å². The largest absolute Gasteiger partial charge is 0.492 e. The highest BCUT2D eigenvalue weighted by Crippen LogP contribution is 2.28. The molecule has 0 aliphatic carbocycles. The predicted molar refractivity (Wildman–Crippen MR) is 80.0 cm³/mol. The van der Waals surface area contributed by atoms with Crippen molar-refractivity contribution >= 4 is 11.9 Å². The third kappa shape index (κ3) is 2.75. The molecule has 0 radical (unpaired) electrons. The van der Waals surface area contributed by atoms with Gasteiger partial charge in [-0.25, -0.2) is 4.39 Å². The van der Waals surface area contributed by atoms with Crippen LogP contribution in [0.3, 0.4) is 0 Å². The van der Waals surface area contributed by atoms with Crippen LogP contribution < -0.4 is 4.74 Å². The number of hydrogen-bond donors (Lipinski definition) is 0. The molecule has 2 aromatic rings. The minimum Gasteiger partial charge on any atom is -0.492 e. The van der Waals surface area contributed by atoms with Gasteiger partial charge in [-0.1, -0.05) is 12.1 Å². The van der Waals surface area contributed by atoms with Crippen LogP contribution in [0.2, 0.25) is 0 Å². The molecule has 22 heavy (non-hydrogen) atoms. The summed E-state index contributed by atoms with van der Waals surface area (Å²) in [5.74, 6) is -0.277. The Hall–Kier alpha value is -2.93. The van der Waals surface area contributed by atoms with E-state index in [4.69, 9.17) is 10.00 Å². The molecule has 3 rings (SSSR count). The van der Waals surface area contributed by atoms with Crippen LogP contribution in [0.5, 0.6) is 5.75 Å². The predicted octanol–water partition coefficient (Wildman–Crippen LogP) is 3.75. The highest BCUT2D eigenvalue weighted by Gasteiger charge is 2.21. The Balaban J connectivity index is 1.98. The van der Waals surface area contributed by atoms with Gasteiger partial charge < -0.3 is 4.74 Å². The number of halogens is 1. The second-order valence-electron chi connectivity index (χ2n) is 4.97. The zero-order chi connectivity index (χ0) is 15.5. The minimum atomic E-state index is -0.463. The fraction of sp³-hybridized carbons (Fsp3) is 0.111. The molecule has 1 aliphatic rings. The van der Waals surface area contributed by atoms with Crippen LogP contribution in [-0.2, 0) is 0 Å². The van der Waals surface area contributed by atoms with Crippen LogP contribution in [0.4, 0.5) is 4.39 Å². The standard InChI is InChI=1S/C18H12FNO2/c19-15-5-6-17-16(10-15)18(21)14(7-8-22-17)9-12-1-3-13(11-20)4-2-12/h1-6,9-10H,7-8H2/b14-9-. The number of nitriles is 1. The van der Waals surface area contributed by atoms with Gasteiger partial charge in [0.05, 0.1) is 23.8 Å². The molecule has 0 amide bonds. The van der Waals surface area contributed by atoms with Crippen molar-refractivity contribution in [1.82, 2.24) is 0 Å². The van der Waals surface area contributed by atoms with Gasteiger partial charge in [0.25, 0.3) is 0 Å². The summed E-state index contributed by atoms with van der Waals surface area (Å²) in [5, 5.41) is 8.79. The Bertz CT molecular complexity index is 801. The van der Waals surface area contributed by atoms with Crippen molar-refractivity contribution < 1.29 is 13.9 Å². The van der Waals surface area contributed by atoms with Crippen molar-refractivity contribution in [1.29, 1.82) is 5.26 Å². The molecule has 1 aliphatic heterocycles. The van der Waals surface area contributed by atoms with E-state index in [0.717, 1.165) is 5.56 Å². The van der Waals surface area contributed by atoms with Crippen molar-refractivity contribution in [2.45, 2.75) is 6.42 Å². The monoisotopic (exact) mass is 293 g/mol. The summed E-state index contributed by atoms with van der Waals surface area (Å²) in [7, 11) is 0. The van der Waals surface area contributed by atoms with Gasteiger partial charge in [-0.15, -0.1) is 0 Å². The molecular weight excluding hydrogens is 281 g/mol. The lowest BCUT2D eigenvalue weighted by Crippen LogP contribution is -2.02. The third-order valence-electron chi connectivity index (χ3n) is 3.49. The lowest BCUT2D eigenvalue weighted by atomic mass is 9.98. The van der Waals surface area contributed by atoms with Gasteiger partial charge in [-0.3, -0.25) is 4.79 Å². The van der Waals surface area contributed by atoms with Crippen molar-refractivity contribution in [2.24, 2.45) is 0 Å². The second kappa shape index (κ2) is 5.82. The Morgan fingerprint density at radius 3 is 2.68 bits per heavy atom. The number of ketones is 1. The summed E-state index contributed by atoms with van der Waals surface area (Å²) in [4.78, 5) is 12.5. The van der Waals surface area contributed by atoms with Crippen molar-refractivity contribution in [3.8, 4) is 11.8 Å². The zero-order valence-corrected chi connectivity index (χ0v) is 11.7. The minimum absolute atomic E-state index is 0.226. The summed E-state index contributed by atoms with van der Waals surface area (Å²) in [5.41, 5.74) is 2.19. The van der Waals surface area contributed by atoms with E-state index in [-0.39, 0.29) is 11.3 Å². The number of nitrogens with zero attached hydrogens (tertiary/aromatic N) is 1. The summed E-state index contributed by atoms with van der Waals surface area (Å²) < 4.78 is 18.9. The lowest BCUT2D eigenvalue weighted by molar-refractivity contribution is 0.103. The molecule has 0 saturated heterocycles. The van der Waals surface area contributed by atoms with Crippen LogP contribution in [0.1, 0.15) is 27.9 Å². The topological polar surface area (TPSA) is 50.1 Å². The SMILES string of the molecule is N#Cc1ccc(/C=C2/CCOc3ccc(F)cc3C2=O)cc1. The Labute approximate surface area is 127 Å². The maximum atomic E-state index is 13.4. The molecule has 3 nitrogen and oxygen atoms in total. The maximum Gasteiger partial charge on any atom is 0.192 e. The Morgan fingerprint density at radius 1 is 1.18 bits per heavy atom. The Morgan fingerprint density at radius 2 is 1.95 bits per heavy atom. The zero-order valence-electron chi connectivity index (χ0n) is 11.7. The molecule has 2 aromatic carbocycles. The molecule has 0 atom stereocenters. The smallest absolute Gasteiger partial charge is 0.192 e. The number of hydrogen-bond acceptors (Lipinski definition) is 3. The molecule has 4 heteroatoms. The van der Waals surface area contributed by atoms with Crippen molar-refractivity contribution in [3.63, 3.8) is 0 Å². The van der Waals surface area contributed by atoms with E-state index in [1.54, 1.807) is 30.3 Å². The quantitative estimate of drug-likeness (QED) is 0.752. The van der Waals surface area contributed by atoms with Gasteiger partial charge in [0.1, 0.15) is 11.6 Å². The average molecular weight is 293 g/mol. The first-order valence-corrected chi connectivity index (χ1v) is 6.85. The first kappa shape index (κ1) is 14.0. The number of benzene rings is 2. The van der Waals surface area contributed by atoms with Gasteiger partial charge in [0.2, 0.25) is 0 Å². The third-order valence-corrected chi connectivity index (χ3v) is 3.49. The summed E-state index contributed by atoms with van der Waals surface area (Å²) in [6.07, 6.45) is 2.21. The number of ether oxygens (including phenoxy) is 1. The number of carbonyl (C=O) groups is 1. The first-order chi connectivity index (χ1) is 10.7. The summed E-state index contributed by atoms with van der Waals surface area (Å²) >= 11 is 0. The van der Waals surface area contributed by atoms with E-state index < -0.39 is 5.82 Å². The van der Waals surface area contributed by atoms with Crippen LogP contribution >= 0.6 is 0 Å². The normalized spacial score (nSPS) is 15.6. The molecule has 108 valence electrons. The van der Waals surface area contributed by atoms with Gasteiger partial charge in [-0.05, 0) is 42.0 Å². The molecule has 1 heterocycles. The lowest BCUT2D eigenvalue weighted by Gasteiger charge is -2.05. The van der Waals surface area contributed by atoms with Crippen molar-refractivity contribution in [3.05, 3.63) is 70.5 Å². The average Bonchev–Trinajstić information content (AvgIpc) is 2.68. The van der Waals surface area contributed by atoms with Crippen LogP contribution in [0.25, 0.3) is 6.08 Å². The van der Waals surface area contributed by atoms with Crippen LogP contribution in [-0.4, -0.2) is 12.4 Å². The number of rotatable bonds is 1. The summed E-state index contributed by atoms with van der Waals surface area (Å²) in [6.45, 7) is 0.368. The molecule has 0 fully saturated rings. The Kier molecular flexibility index (Phi) is 3.71. The van der Waals surface area contributed by atoms with Crippen molar-refractivity contribution in [2.75, 3.05) is 6.61 Å². The van der Waals surface area contributed by atoms with Gasteiger partial charge in [0.15, 0.2) is 5.78 Å². The molecule has 0 aromatic heterocycles. The van der Waals surface area contributed by atoms with E-state index in [9.17, 15) is 9.18 Å². The number of carbonyl (C=O) groups excluding carboxylic acids is 1. The highest BCUT2D eigenvalue weighted by molar-refractivity contribution is 6.13. The highest BCUT2D eigenvalue weighted by atomic mass is 19.1. The van der Waals surface area contributed by atoms with Gasteiger partial charge >= 0.3 is 0 Å². The summed E-state index contributed by atoms with van der Waals surface area (Å²) in [6, 6.07) is 12.9. The molecule has 0 bridgehead atoms. The molecule has 0 N–H and O–H groups in total.